The predicted molar refractivity (Wildman–Crippen MR) is 73.4 cm³/mol. The molecule has 1 saturated heterocycles. The largest absolute Gasteiger partial charge is 0.336 e. The lowest BCUT2D eigenvalue weighted by molar-refractivity contribution is 0.610. The van der Waals surface area contributed by atoms with E-state index in [9.17, 15) is 0 Å². The van der Waals surface area contributed by atoms with Crippen LogP contribution in [0.1, 0.15) is 25.1 Å². The Bertz CT molecular complexity index is 396. The molecular formula is C12H20N4S. The van der Waals surface area contributed by atoms with Gasteiger partial charge < -0.3 is 10.6 Å². The van der Waals surface area contributed by atoms with Gasteiger partial charge in [0.05, 0.1) is 0 Å². The minimum atomic E-state index is 0.483. The first-order valence-electron chi connectivity index (χ1n) is 6.04. The molecule has 0 aromatic carbocycles. The van der Waals surface area contributed by atoms with Crippen LogP contribution in [0.5, 0.6) is 0 Å². The minimum absolute atomic E-state index is 0.483. The SMILES string of the molecule is Cc1nc(N2CCSC(C)C2C)ncc1CN. The van der Waals surface area contributed by atoms with Gasteiger partial charge in [-0.2, -0.15) is 11.8 Å². The van der Waals surface area contributed by atoms with Crippen molar-refractivity contribution in [3.63, 3.8) is 0 Å². The Kier molecular flexibility index (Phi) is 3.89. The van der Waals surface area contributed by atoms with Crippen LogP contribution in [-0.2, 0) is 6.54 Å². The van der Waals surface area contributed by atoms with E-state index in [0.29, 0.717) is 17.8 Å². The molecule has 4 nitrogen and oxygen atoms in total. The van der Waals surface area contributed by atoms with E-state index in [-0.39, 0.29) is 0 Å². The van der Waals surface area contributed by atoms with Crippen LogP contribution in [0.3, 0.4) is 0 Å². The maximum Gasteiger partial charge on any atom is 0.225 e. The van der Waals surface area contributed by atoms with Crippen LogP contribution in [-0.4, -0.2) is 33.6 Å². The van der Waals surface area contributed by atoms with Crippen molar-refractivity contribution in [3.8, 4) is 0 Å². The third kappa shape index (κ3) is 2.55. The van der Waals surface area contributed by atoms with E-state index in [1.807, 2.05) is 24.9 Å². The zero-order valence-electron chi connectivity index (χ0n) is 10.7. The average Bonchev–Trinajstić information content (AvgIpc) is 2.32. The van der Waals surface area contributed by atoms with Gasteiger partial charge in [-0.1, -0.05) is 6.92 Å². The first kappa shape index (κ1) is 12.6. The fraction of sp³-hybridized carbons (Fsp3) is 0.667. The predicted octanol–water partition coefficient (Wildman–Crippen LogP) is 1.57. The molecule has 2 N–H and O–H groups in total. The fourth-order valence-corrected chi connectivity index (χ4v) is 3.13. The van der Waals surface area contributed by atoms with Gasteiger partial charge >= 0.3 is 0 Å². The summed E-state index contributed by atoms with van der Waals surface area (Å²) in [7, 11) is 0. The maximum atomic E-state index is 5.63. The van der Waals surface area contributed by atoms with Gasteiger partial charge in [-0.3, -0.25) is 0 Å². The number of hydrogen-bond donors (Lipinski definition) is 1. The molecule has 0 radical (unpaired) electrons. The van der Waals surface area contributed by atoms with Crippen molar-refractivity contribution in [3.05, 3.63) is 17.5 Å². The summed E-state index contributed by atoms with van der Waals surface area (Å²) in [6.45, 7) is 8.04. The molecule has 2 atom stereocenters. The summed E-state index contributed by atoms with van der Waals surface area (Å²) in [5, 5.41) is 0.627. The second-order valence-electron chi connectivity index (χ2n) is 4.49. The molecule has 94 valence electrons. The van der Waals surface area contributed by atoms with E-state index in [0.717, 1.165) is 29.5 Å². The maximum absolute atomic E-state index is 5.63. The molecule has 1 aliphatic rings. The highest BCUT2D eigenvalue weighted by molar-refractivity contribution is 8.00. The summed E-state index contributed by atoms with van der Waals surface area (Å²) >= 11 is 2.02. The van der Waals surface area contributed by atoms with Crippen molar-refractivity contribution in [1.82, 2.24) is 9.97 Å². The third-order valence-corrected chi connectivity index (χ3v) is 4.77. The van der Waals surface area contributed by atoms with Crippen LogP contribution >= 0.6 is 11.8 Å². The van der Waals surface area contributed by atoms with Crippen molar-refractivity contribution < 1.29 is 0 Å². The lowest BCUT2D eigenvalue weighted by atomic mass is 10.2. The molecule has 1 aliphatic heterocycles. The summed E-state index contributed by atoms with van der Waals surface area (Å²) in [5.41, 5.74) is 7.66. The summed E-state index contributed by atoms with van der Waals surface area (Å²) in [4.78, 5) is 11.3. The number of rotatable bonds is 2. The molecule has 2 unspecified atom stereocenters. The number of nitrogens with two attached hydrogens (primary N) is 1. The quantitative estimate of drug-likeness (QED) is 0.866. The summed E-state index contributed by atoms with van der Waals surface area (Å²) in [6.07, 6.45) is 1.86. The molecule has 2 rings (SSSR count). The van der Waals surface area contributed by atoms with E-state index >= 15 is 0 Å². The van der Waals surface area contributed by atoms with E-state index < -0.39 is 0 Å². The molecule has 5 heteroatoms. The van der Waals surface area contributed by atoms with Crippen LogP contribution in [0.4, 0.5) is 5.95 Å². The molecule has 17 heavy (non-hydrogen) atoms. The molecule has 0 spiro atoms. The highest BCUT2D eigenvalue weighted by atomic mass is 32.2. The molecule has 1 aromatic rings. The smallest absolute Gasteiger partial charge is 0.225 e. The first-order chi connectivity index (χ1) is 8.13. The highest BCUT2D eigenvalue weighted by Crippen LogP contribution is 2.27. The molecule has 0 amide bonds. The normalized spacial score (nSPS) is 25.1. The Morgan fingerprint density at radius 1 is 1.53 bits per heavy atom. The summed E-state index contributed by atoms with van der Waals surface area (Å²) in [5.74, 6) is 1.99. The molecular weight excluding hydrogens is 232 g/mol. The summed E-state index contributed by atoms with van der Waals surface area (Å²) in [6, 6.07) is 0.483. The molecule has 0 bridgehead atoms. The molecule has 1 fully saturated rings. The fourth-order valence-electron chi connectivity index (χ4n) is 2.03. The lowest BCUT2D eigenvalue weighted by Crippen LogP contribution is -2.45. The topological polar surface area (TPSA) is 55.0 Å². The van der Waals surface area contributed by atoms with Crippen molar-refractivity contribution in [2.75, 3.05) is 17.2 Å². The number of thioether (sulfide) groups is 1. The van der Waals surface area contributed by atoms with Crippen LogP contribution in [0.2, 0.25) is 0 Å². The van der Waals surface area contributed by atoms with Gasteiger partial charge in [-0.25, -0.2) is 9.97 Å². The average molecular weight is 252 g/mol. The van der Waals surface area contributed by atoms with Crippen molar-refractivity contribution in [2.24, 2.45) is 5.73 Å². The van der Waals surface area contributed by atoms with E-state index in [2.05, 4.69) is 28.7 Å². The Balaban J connectivity index is 2.24. The van der Waals surface area contributed by atoms with Gasteiger partial charge in [0.2, 0.25) is 5.95 Å². The van der Waals surface area contributed by atoms with Crippen molar-refractivity contribution in [2.45, 2.75) is 38.6 Å². The van der Waals surface area contributed by atoms with E-state index in [1.54, 1.807) is 0 Å². The Labute approximate surface area is 107 Å². The van der Waals surface area contributed by atoms with Gasteiger partial charge in [0.25, 0.3) is 0 Å². The van der Waals surface area contributed by atoms with Gasteiger partial charge in [-0.05, 0) is 13.8 Å². The van der Waals surface area contributed by atoms with E-state index in [1.165, 1.54) is 0 Å². The number of anilines is 1. The van der Waals surface area contributed by atoms with Crippen LogP contribution < -0.4 is 10.6 Å². The summed E-state index contributed by atoms with van der Waals surface area (Å²) < 4.78 is 0. The molecule has 1 aromatic heterocycles. The Hall–Kier alpha value is -0.810. The standard InChI is InChI=1S/C12H20N4S/c1-8-11(6-13)7-14-12(15-8)16-4-5-17-10(3)9(16)2/h7,9-10H,4-6,13H2,1-3H3. The molecule has 0 aliphatic carbocycles. The van der Waals surface area contributed by atoms with Gasteiger partial charge in [0.1, 0.15) is 0 Å². The van der Waals surface area contributed by atoms with Crippen LogP contribution in [0.25, 0.3) is 0 Å². The molecule has 0 saturated carbocycles. The second-order valence-corrected chi connectivity index (χ2v) is 5.98. The van der Waals surface area contributed by atoms with Crippen LogP contribution in [0, 0.1) is 6.92 Å². The Morgan fingerprint density at radius 2 is 2.29 bits per heavy atom. The number of nitrogens with zero attached hydrogens (tertiary/aromatic N) is 3. The van der Waals surface area contributed by atoms with Crippen molar-refractivity contribution >= 4 is 17.7 Å². The third-order valence-electron chi connectivity index (χ3n) is 3.43. The second kappa shape index (κ2) is 5.23. The van der Waals surface area contributed by atoms with Gasteiger partial charge in [0.15, 0.2) is 0 Å². The Morgan fingerprint density at radius 3 is 2.94 bits per heavy atom. The molecule has 2 heterocycles. The number of aromatic nitrogens is 2. The number of aryl methyl sites for hydroxylation is 1. The minimum Gasteiger partial charge on any atom is -0.336 e. The first-order valence-corrected chi connectivity index (χ1v) is 7.09. The zero-order valence-corrected chi connectivity index (χ0v) is 11.5. The van der Waals surface area contributed by atoms with Crippen LogP contribution in [0.15, 0.2) is 6.20 Å². The number of hydrogen-bond acceptors (Lipinski definition) is 5. The van der Waals surface area contributed by atoms with Gasteiger partial charge in [-0.15, -0.1) is 0 Å². The van der Waals surface area contributed by atoms with E-state index in [4.69, 9.17) is 5.73 Å². The zero-order chi connectivity index (χ0) is 12.4. The monoisotopic (exact) mass is 252 g/mol. The lowest BCUT2D eigenvalue weighted by Gasteiger charge is -2.37. The highest BCUT2D eigenvalue weighted by Gasteiger charge is 2.27. The van der Waals surface area contributed by atoms with Crippen molar-refractivity contribution in [1.29, 1.82) is 0 Å². The van der Waals surface area contributed by atoms with Gasteiger partial charge in [0, 0.05) is 47.6 Å².